The lowest BCUT2D eigenvalue weighted by Gasteiger charge is -2.11. The third kappa shape index (κ3) is 3.85. The molecule has 2 aromatic carbocycles. The number of hydrogen-bond acceptors (Lipinski definition) is 3. The van der Waals surface area contributed by atoms with Crippen molar-refractivity contribution in [3.05, 3.63) is 75.3 Å². The van der Waals surface area contributed by atoms with Gasteiger partial charge in [0.05, 0.1) is 10.9 Å². The number of rotatable bonds is 2. The molecule has 0 radical (unpaired) electrons. The van der Waals surface area contributed by atoms with E-state index in [0.717, 1.165) is 48.3 Å². The van der Waals surface area contributed by atoms with Gasteiger partial charge in [0, 0.05) is 37.8 Å². The summed E-state index contributed by atoms with van der Waals surface area (Å²) in [5, 5.41) is 0.662. The van der Waals surface area contributed by atoms with Crippen molar-refractivity contribution < 1.29 is 4.74 Å². The van der Waals surface area contributed by atoms with Crippen LogP contribution in [0, 0.1) is 24.7 Å². The fraction of sp³-hybridized carbons (Fsp3) is 0.333. The maximum absolute atomic E-state index is 13.0. The molecule has 0 saturated heterocycles. The van der Waals surface area contributed by atoms with Crippen LogP contribution in [0.3, 0.4) is 0 Å². The van der Waals surface area contributed by atoms with Gasteiger partial charge >= 0.3 is 0 Å². The van der Waals surface area contributed by atoms with E-state index in [-0.39, 0.29) is 5.56 Å². The molecule has 4 rings (SSSR count). The van der Waals surface area contributed by atoms with E-state index in [4.69, 9.17) is 9.72 Å². The van der Waals surface area contributed by atoms with Crippen molar-refractivity contribution in [2.45, 2.75) is 32.7 Å². The quantitative estimate of drug-likeness (QED) is 0.644. The molecule has 3 aromatic rings. The van der Waals surface area contributed by atoms with Crippen LogP contribution in [-0.4, -0.2) is 23.3 Å². The van der Waals surface area contributed by atoms with Crippen LogP contribution in [0.25, 0.3) is 10.9 Å². The highest BCUT2D eigenvalue weighted by Gasteiger charge is 2.19. The molecule has 4 nitrogen and oxygen atoms in total. The van der Waals surface area contributed by atoms with Crippen LogP contribution in [0.5, 0.6) is 0 Å². The average molecular weight is 372 g/mol. The van der Waals surface area contributed by atoms with Crippen molar-refractivity contribution in [2.24, 2.45) is 5.92 Å². The number of hydrogen-bond donors (Lipinski definition) is 0. The predicted octanol–water partition coefficient (Wildman–Crippen LogP) is 3.70. The van der Waals surface area contributed by atoms with Crippen LogP contribution in [0.4, 0.5) is 0 Å². The van der Waals surface area contributed by atoms with Crippen molar-refractivity contribution in [1.82, 2.24) is 9.55 Å². The highest BCUT2D eigenvalue weighted by atomic mass is 16.5. The number of aromatic nitrogens is 2. The number of nitrogens with zero attached hydrogens (tertiary/aromatic N) is 2. The Hall–Kier alpha value is -2.90. The Balaban J connectivity index is 1.69. The second kappa shape index (κ2) is 8.00. The number of methoxy groups -OCH3 is 1. The van der Waals surface area contributed by atoms with E-state index in [9.17, 15) is 4.79 Å². The lowest BCUT2D eigenvalue weighted by Crippen LogP contribution is -2.24. The zero-order valence-electron chi connectivity index (χ0n) is 16.4. The Morgan fingerprint density at radius 3 is 2.75 bits per heavy atom. The molecular formula is C24H24N2O2. The van der Waals surface area contributed by atoms with E-state index in [1.807, 2.05) is 34.9 Å². The van der Waals surface area contributed by atoms with Gasteiger partial charge in [-0.3, -0.25) is 9.36 Å². The van der Waals surface area contributed by atoms with Crippen molar-refractivity contribution in [2.75, 3.05) is 13.7 Å². The van der Waals surface area contributed by atoms with Crippen LogP contribution in [-0.2, 0) is 17.7 Å². The third-order valence-electron chi connectivity index (χ3n) is 5.34. The number of ether oxygens (including phenoxy) is 1. The number of aryl methyl sites for hydroxylation is 2. The van der Waals surface area contributed by atoms with Gasteiger partial charge in [-0.05, 0) is 61.6 Å². The standard InChI is InChI=1S/C24H24N2O2/c1-17-4-3-5-18(14-17)6-7-19-8-10-21-22(15-19)25-23-11-9-20(16-28-2)12-13-26(23)24(21)27/h3-5,8,10,14-15,20H,9,11-13,16H2,1-2H3. The molecule has 1 aliphatic rings. The SMILES string of the molecule is COCC1CCc2nc3cc(C#Cc4cccc(C)c4)ccc3c(=O)n2CC1. The van der Waals surface area contributed by atoms with Crippen LogP contribution in [0.15, 0.2) is 47.3 Å². The molecule has 0 aliphatic carbocycles. The molecule has 28 heavy (non-hydrogen) atoms. The average Bonchev–Trinajstić information content (AvgIpc) is 2.89. The lowest BCUT2D eigenvalue weighted by molar-refractivity contribution is 0.143. The molecule has 1 aliphatic heterocycles. The highest BCUT2D eigenvalue weighted by molar-refractivity contribution is 5.79. The minimum atomic E-state index is 0.0521. The molecule has 1 unspecified atom stereocenters. The van der Waals surface area contributed by atoms with Gasteiger partial charge in [0.1, 0.15) is 5.82 Å². The minimum absolute atomic E-state index is 0.0521. The van der Waals surface area contributed by atoms with Gasteiger partial charge in [0.2, 0.25) is 0 Å². The molecule has 1 aromatic heterocycles. The number of benzene rings is 2. The second-order valence-electron chi connectivity index (χ2n) is 7.48. The lowest BCUT2D eigenvalue weighted by atomic mass is 10.0. The van der Waals surface area contributed by atoms with Crippen molar-refractivity contribution >= 4 is 10.9 Å². The monoisotopic (exact) mass is 372 g/mol. The molecule has 0 N–H and O–H groups in total. The van der Waals surface area contributed by atoms with Gasteiger partial charge in [-0.1, -0.05) is 24.0 Å². The van der Waals surface area contributed by atoms with Crippen LogP contribution >= 0.6 is 0 Å². The zero-order chi connectivity index (χ0) is 19.5. The van der Waals surface area contributed by atoms with Crippen molar-refractivity contribution in [3.63, 3.8) is 0 Å². The van der Waals surface area contributed by atoms with E-state index in [1.54, 1.807) is 7.11 Å². The highest BCUT2D eigenvalue weighted by Crippen LogP contribution is 2.20. The molecule has 0 spiro atoms. The first kappa shape index (κ1) is 18.5. The van der Waals surface area contributed by atoms with Crippen molar-refractivity contribution in [3.8, 4) is 11.8 Å². The third-order valence-corrected chi connectivity index (χ3v) is 5.34. The van der Waals surface area contributed by atoms with Crippen LogP contribution in [0.2, 0.25) is 0 Å². The second-order valence-corrected chi connectivity index (χ2v) is 7.48. The first-order chi connectivity index (χ1) is 13.6. The normalized spacial score (nSPS) is 16.1. The largest absolute Gasteiger partial charge is 0.384 e. The molecule has 0 bridgehead atoms. The molecule has 2 heterocycles. The van der Waals surface area contributed by atoms with E-state index in [1.165, 1.54) is 5.56 Å². The smallest absolute Gasteiger partial charge is 0.261 e. The Morgan fingerprint density at radius 2 is 1.96 bits per heavy atom. The molecule has 1 atom stereocenters. The molecule has 0 saturated carbocycles. The Labute approximate surface area is 165 Å². The van der Waals surface area contributed by atoms with Crippen LogP contribution in [0.1, 0.15) is 35.4 Å². The molecule has 142 valence electrons. The molecule has 0 fully saturated rings. The Kier molecular flexibility index (Phi) is 5.27. The Morgan fingerprint density at radius 1 is 1.14 bits per heavy atom. The maximum Gasteiger partial charge on any atom is 0.261 e. The summed E-state index contributed by atoms with van der Waals surface area (Å²) in [6.45, 7) is 3.50. The summed E-state index contributed by atoms with van der Waals surface area (Å²) in [6.07, 6.45) is 2.75. The molecule has 0 amide bonds. The predicted molar refractivity (Wildman–Crippen MR) is 111 cm³/mol. The van der Waals surface area contributed by atoms with Gasteiger partial charge in [0.15, 0.2) is 0 Å². The summed E-state index contributed by atoms with van der Waals surface area (Å²) in [4.78, 5) is 17.8. The van der Waals surface area contributed by atoms with E-state index < -0.39 is 0 Å². The van der Waals surface area contributed by atoms with E-state index >= 15 is 0 Å². The first-order valence-corrected chi connectivity index (χ1v) is 9.75. The summed E-state index contributed by atoms with van der Waals surface area (Å²) in [5.41, 5.74) is 3.83. The van der Waals surface area contributed by atoms with E-state index in [0.29, 0.717) is 17.8 Å². The van der Waals surface area contributed by atoms with Gasteiger partial charge in [-0.2, -0.15) is 0 Å². The van der Waals surface area contributed by atoms with Gasteiger partial charge in [-0.15, -0.1) is 0 Å². The summed E-state index contributed by atoms with van der Waals surface area (Å²) < 4.78 is 7.15. The maximum atomic E-state index is 13.0. The minimum Gasteiger partial charge on any atom is -0.384 e. The number of fused-ring (bicyclic) bond motifs is 2. The summed E-state index contributed by atoms with van der Waals surface area (Å²) in [6, 6.07) is 13.8. The fourth-order valence-electron chi connectivity index (χ4n) is 3.82. The summed E-state index contributed by atoms with van der Waals surface area (Å²) >= 11 is 0. The summed E-state index contributed by atoms with van der Waals surface area (Å²) in [5.74, 6) is 7.75. The summed E-state index contributed by atoms with van der Waals surface area (Å²) in [7, 11) is 1.73. The Bertz CT molecular complexity index is 1130. The van der Waals surface area contributed by atoms with Gasteiger partial charge in [-0.25, -0.2) is 4.98 Å². The zero-order valence-corrected chi connectivity index (χ0v) is 16.4. The van der Waals surface area contributed by atoms with E-state index in [2.05, 4.69) is 30.9 Å². The molecular weight excluding hydrogens is 348 g/mol. The topological polar surface area (TPSA) is 44.1 Å². The fourth-order valence-corrected chi connectivity index (χ4v) is 3.82. The van der Waals surface area contributed by atoms with Gasteiger partial charge in [0.25, 0.3) is 5.56 Å². The first-order valence-electron chi connectivity index (χ1n) is 9.75. The molecule has 4 heteroatoms. The van der Waals surface area contributed by atoms with Gasteiger partial charge < -0.3 is 4.74 Å². The van der Waals surface area contributed by atoms with Crippen molar-refractivity contribution in [1.29, 1.82) is 0 Å². The van der Waals surface area contributed by atoms with Crippen LogP contribution < -0.4 is 5.56 Å².